The molecule has 2 bridgehead atoms. The number of carbonyl (C=O) groups is 2. The first kappa shape index (κ1) is 16.1. The molecule has 5 aliphatic rings. The highest BCUT2D eigenvalue weighted by Gasteiger charge is 2.67. The van der Waals surface area contributed by atoms with Gasteiger partial charge in [0.2, 0.25) is 11.8 Å². The number of ether oxygens (including phenoxy) is 1. The third-order valence-corrected chi connectivity index (χ3v) is 7.08. The average Bonchev–Trinajstić information content (AvgIpc) is 3.49. The lowest BCUT2D eigenvalue weighted by atomic mass is 9.63. The van der Waals surface area contributed by atoms with Crippen molar-refractivity contribution in [1.82, 2.24) is 0 Å². The first-order chi connectivity index (χ1) is 13.6. The second-order valence-electron chi connectivity index (χ2n) is 8.53. The summed E-state index contributed by atoms with van der Waals surface area (Å²) >= 11 is 0. The van der Waals surface area contributed by atoms with Crippen LogP contribution in [0, 0.1) is 42.4 Å². The Hall–Kier alpha value is -2.88. The maximum atomic E-state index is 13.2. The van der Waals surface area contributed by atoms with Crippen LogP contribution in [-0.4, -0.2) is 11.8 Å². The van der Waals surface area contributed by atoms with Gasteiger partial charge in [-0.25, -0.2) is 0 Å². The Kier molecular flexibility index (Phi) is 3.20. The molecule has 2 aromatic carbocycles. The van der Waals surface area contributed by atoms with Crippen molar-refractivity contribution < 1.29 is 14.3 Å². The molecule has 0 spiro atoms. The van der Waals surface area contributed by atoms with Crippen molar-refractivity contribution in [2.75, 3.05) is 4.90 Å². The predicted octanol–water partition coefficient (Wildman–Crippen LogP) is 4.34. The minimum Gasteiger partial charge on any atom is -0.457 e. The first-order valence-electron chi connectivity index (χ1n) is 10.0. The van der Waals surface area contributed by atoms with E-state index in [4.69, 9.17) is 4.74 Å². The fourth-order valence-electron chi connectivity index (χ4n) is 5.67. The number of rotatable bonds is 3. The predicted molar refractivity (Wildman–Crippen MR) is 105 cm³/mol. The number of para-hydroxylation sites is 1. The molecule has 0 radical (unpaired) electrons. The van der Waals surface area contributed by atoms with Crippen LogP contribution in [-0.2, 0) is 9.59 Å². The standard InChI is InChI=1S/C24H21NO3/c1-13-4-2-3-5-20(13)28-15-8-6-14(7-9-15)25-23(26)21-16-10-11-17(19-12-18(16)19)22(21)24(25)27/h2-11,16-19,21-22H,12H2,1H3/t16-,17-,18-,19+,21+,22+/m0/s1. The van der Waals surface area contributed by atoms with Gasteiger partial charge in [-0.05, 0) is 72.9 Å². The van der Waals surface area contributed by atoms with E-state index in [1.807, 2.05) is 55.5 Å². The summed E-state index contributed by atoms with van der Waals surface area (Å²) in [7, 11) is 0. The Balaban J connectivity index is 1.27. The van der Waals surface area contributed by atoms with E-state index in [1.165, 1.54) is 11.3 Å². The maximum absolute atomic E-state index is 13.2. The number of hydrogen-bond donors (Lipinski definition) is 0. The van der Waals surface area contributed by atoms with Gasteiger partial charge in [0.15, 0.2) is 0 Å². The van der Waals surface area contributed by atoms with Crippen molar-refractivity contribution in [2.24, 2.45) is 35.5 Å². The van der Waals surface area contributed by atoms with Crippen LogP contribution in [0.3, 0.4) is 0 Å². The topological polar surface area (TPSA) is 46.6 Å². The lowest BCUT2D eigenvalue weighted by molar-refractivity contribution is -0.124. The number of allylic oxidation sites excluding steroid dienone is 2. The van der Waals surface area contributed by atoms with E-state index in [0.717, 1.165) is 11.3 Å². The van der Waals surface area contributed by atoms with Crippen LogP contribution in [0.4, 0.5) is 5.69 Å². The van der Waals surface area contributed by atoms with Gasteiger partial charge in [0.25, 0.3) is 0 Å². The number of benzene rings is 2. The molecule has 4 nitrogen and oxygen atoms in total. The van der Waals surface area contributed by atoms with Crippen molar-refractivity contribution in [3.8, 4) is 11.5 Å². The van der Waals surface area contributed by atoms with Crippen LogP contribution in [0.15, 0.2) is 60.7 Å². The number of imide groups is 1. The van der Waals surface area contributed by atoms with Gasteiger partial charge in [-0.15, -0.1) is 0 Å². The van der Waals surface area contributed by atoms with Gasteiger partial charge in [0, 0.05) is 0 Å². The Morgan fingerprint density at radius 1 is 0.857 bits per heavy atom. The van der Waals surface area contributed by atoms with E-state index in [2.05, 4.69) is 12.2 Å². The van der Waals surface area contributed by atoms with Crippen LogP contribution < -0.4 is 9.64 Å². The van der Waals surface area contributed by atoms with E-state index in [9.17, 15) is 9.59 Å². The number of aryl methyl sites for hydroxylation is 1. The highest BCUT2D eigenvalue weighted by molar-refractivity contribution is 6.22. The van der Waals surface area contributed by atoms with Crippen LogP contribution >= 0.6 is 0 Å². The minimum atomic E-state index is -0.158. The van der Waals surface area contributed by atoms with Crippen LogP contribution in [0.25, 0.3) is 0 Å². The number of hydrogen-bond acceptors (Lipinski definition) is 3. The third-order valence-electron chi connectivity index (χ3n) is 7.08. The Morgan fingerprint density at radius 3 is 2.07 bits per heavy atom. The lowest BCUT2D eigenvalue weighted by Gasteiger charge is -2.37. The van der Waals surface area contributed by atoms with Crippen molar-refractivity contribution in [2.45, 2.75) is 13.3 Å². The van der Waals surface area contributed by atoms with E-state index in [1.54, 1.807) is 0 Å². The van der Waals surface area contributed by atoms with Crippen molar-refractivity contribution >= 4 is 17.5 Å². The fraction of sp³-hybridized carbons (Fsp3) is 0.333. The largest absolute Gasteiger partial charge is 0.457 e. The van der Waals surface area contributed by atoms with Gasteiger partial charge in [-0.1, -0.05) is 30.4 Å². The highest BCUT2D eigenvalue weighted by atomic mass is 16.5. The normalized spacial score (nSPS) is 34.4. The van der Waals surface area contributed by atoms with E-state index in [-0.39, 0.29) is 35.5 Å². The molecule has 6 atom stereocenters. The summed E-state index contributed by atoms with van der Waals surface area (Å²) in [6, 6.07) is 15.1. The number of anilines is 1. The Bertz CT molecular complexity index is 988. The molecule has 28 heavy (non-hydrogen) atoms. The molecule has 2 aromatic rings. The fourth-order valence-corrected chi connectivity index (χ4v) is 5.67. The van der Waals surface area contributed by atoms with Gasteiger partial charge in [-0.3, -0.25) is 14.5 Å². The molecule has 1 aliphatic heterocycles. The molecule has 2 saturated carbocycles. The molecular formula is C24H21NO3. The molecule has 1 heterocycles. The lowest BCUT2D eigenvalue weighted by Crippen LogP contribution is -2.40. The second kappa shape index (κ2) is 5.57. The summed E-state index contributed by atoms with van der Waals surface area (Å²) in [6.07, 6.45) is 5.59. The molecule has 3 fully saturated rings. The van der Waals surface area contributed by atoms with E-state index >= 15 is 0 Å². The van der Waals surface area contributed by atoms with Crippen LogP contribution in [0.5, 0.6) is 11.5 Å². The molecule has 140 valence electrons. The average molecular weight is 371 g/mol. The minimum absolute atomic E-state index is 0.0210. The molecule has 7 rings (SSSR count). The molecule has 0 N–H and O–H groups in total. The smallest absolute Gasteiger partial charge is 0.238 e. The first-order valence-corrected chi connectivity index (χ1v) is 10.0. The van der Waals surface area contributed by atoms with Crippen molar-refractivity contribution in [3.63, 3.8) is 0 Å². The van der Waals surface area contributed by atoms with Crippen molar-refractivity contribution in [3.05, 3.63) is 66.2 Å². The SMILES string of the molecule is Cc1ccccc1Oc1ccc(N2C(=O)[C@@H]3[C@H]4C=C[C@@H]([C@@H]5C[C@H]45)[C@H]3C2=O)cc1. The molecule has 2 amide bonds. The molecule has 4 aliphatic carbocycles. The molecule has 1 saturated heterocycles. The number of carbonyl (C=O) groups excluding carboxylic acids is 2. The van der Waals surface area contributed by atoms with Crippen LogP contribution in [0.1, 0.15) is 12.0 Å². The molecule has 0 unspecified atom stereocenters. The van der Waals surface area contributed by atoms with Gasteiger partial charge >= 0.3 is 0 Å². The molecule has 0 aromatic heterocycles. The summed E-state index contributed by atoms with van der Waals surface area (Å²) in [5, 5.41) is 0. The summed E-state index contributed by atoms with van der Waals surface area (Å²) in [5.74, 6) is 2.89. The summed E-state index contributed by atoms with van der Waals surface area (Å²) in [5.41, 5.74) is 1.71. The van der Waals surface area contributed by atoms with Crippen LogP contribution in [0.2, 0.25) is 0 Å². The van der Waals surface area contributed by atoms with Crippen molar-refractivity contribution in [1.29, 1.82) is 0 Å². The quantitative estimate of drug-likeness (QED) is 0.595. The summed E-state index contributed by atoms with van der Waals surface area (Å²) < 4.78 is 5.94. The number of amides is 2. The van der Waals surface area contributed by atoms with E-state index in [0.29, 0.717) is 23.3 Å². The monoisotopic (exact) mass is 371 g/mol. The summed E-state index contributed by atoms with van der Waals surface area (Å²) in [6.45, 7) is 2.00. The highest BCUT2D eigenvalue weighted by Crippen LogP contribution is 2.65. The van der Waals surface area contributed by atoms with Gasteiger partial charge in [0.1, 0.15) is 11.5 Å². The van der Waals surface area contributed by atoms with E-state index < -0.39 is 0 Å². The molecular weight excluding hydrogens is 350 g/mol. The zero-order chi connectivity index (χ0) is 19.0. The van der Waals surface area contributed by atoms with Gasteiger partial charge in [-0.2, -0.15) is 0 Å². The molecule has 4 heteroatoms. The van der Waals surface area contributed by atoms with Gasteiger partial charge < -0.3 is 4.74 Å². The maximum Gasteiger partial charge on any atom is 0.238 e. The third kappa shape index (κ3) is 2.12. The zero-order valence-electron chi connectivity index (χ0n) is 15.6. The van der Waals surface area contributed by atoms with Gasteiger partial charge in [0.05, 0.1) is 17.5 Å². The Morgan fingerprint density at radius 2 is 1.46 bits per heavy atom. The second-order valence-corrected chi connectivity index (χ2v) is 8.53. The zero-order valence-corrected chi connectivity index (χ0v) is 15.6. The number of nitrogens with zero attached hydrogens (tertiary/aromatic N) is 1. The summed E-state index contributed by atoms with van der Waals surface area (Å²) in [4.78, 5) is 27.8. The Labute approximate surface area is 163 Å².